The van der Waals surface area contributed by atoms with Crippen molar-refractivity contribution >= 4 is 11.8 Å². The number of ether oxygens (including phenoxy) is 1. The highest BCUT2D eigenvalue weighted by Crippen LogP contribution is 2.14. The van der Waals surface area contributed by atoms with Crippen LogP contribution in [0.1, 0.15) is 27.2 Å². The van der Waals surface area contributed by atoms with Crippen LogP contribution in [0, 0.1) is 6.92 Å². The molecule has 7 heteroatoms. The number of hydrogen-bond donors (Lipinski definition) is 0. The lowest BCUT2D eigenvalue weighted by atomic mass is 10.1. The lowest BCUT2D eigenvalue weighted by Gasteiger charge is -2.31. The number of benzene rings is 2. The average Bonchev–Trinajstić information content (AvgIpc) is 3.40. The predicted molar refractivity (Wildman–Crippen MR) is 134 cm³/mol. The number of carbonyl (C=O) groups is 2. The molecule has 0 bridgehead atoms. The van der Waals surface area contributed by atoms with Crippen molar-refractivity contribution < 1.29 is 18.7 Å². The van der Waals surface area contributed by atoms with Crippen LogP contribution in [0.5, 0.6) is 0 Å². The number of hydrogen-bond acceptors (Lipinski definition) is 5. The van der Waals surface area contributed by atoms with E-state index in [0.29, 0.717) is 50.7 Å². The van der Waals surface area contributed by atoms with Crippen molar-refractivity contribution in [2.24, 2.45) is 0 Å². The Labute approximate surface area is 206 Å². The number of furan rings is 1. The molecule has 1 aromatic heterocycles. The van der Waals surface area contributed by atoms with Crippen LogP contribution in [0.3, 0.4) is 0 Å². The average molecular weight is 476 g/mol. The molecule has 4 rings (SSSR count). The Morgan fingerprint density at radius 2 is 1.63 bits per heavy atom. The van der Waals surface area contributed by atoms with Gasteiger partial charge in [0.1, 0.15) is 12.3 Å². The van der Waals surface area contributed by atoms with Crippen LogP contribution in [0.25, 0.3) is 0 Å². The number of carbonyl (C=O) groups excluding carboxylic acids is 2. The number of nitrogens with zero attached hydrogens (tertiary/aromatic N) is 3. The SMILES string of the molecule is Cc1ccc(C(=O)N(CCN2CCOCC2)CC(=O)N(Cc2ccccc2)Cc2ccco2)cc1. The van der Waals surface area contributed by atoms with Crippen LogP contribution in [0.4, 0.5) is 0 Å². The fourth-order valence-electron chi connectivity index (χ4n) is 4.11. The van der Waals surface area contributed by atoms with Gasteiger partial charge in [-0.25, -0.2) is 0 Å². The molecule has 0 N–H and O–H groups in total. The molecule has 0 saturated carbocycles. The van der Waals surface area contributed by atoms with Crippen LogP contribution < -0.4 is 0 Å². The molecule has 2 amide bonds. The van der Waals surface area contributed by atoms with Gasteiger partial charge < -0.3 is 19.0 Å². The van der Waals surface area contributed by atoms with Gasteiger partial charge >= 0.3 is 0 Å². The van der Waals surface area contributed by atoms with Crippen LogP contribution >= 0.6 is 0 Å². The van der Waals surface area contributed by atoms with Gasteiger partial charge in [-0.1, -0.05) is 48.0 Å². The lowest BCUT2D eigenvalue weighted by molar-refractivity contribution is -0.133. The third-order valence-corrected chi connectivity index (χ3v) is 6.20. The van der Waals surface area contributed by atoms with Gasteiger partial charge in [-0.05, 0) is 36.8 Å². The minimum atomic E-state index is -0.135. The van der Waals surface area contributed by atoms with Crippen molar-refractivity contribution in [2.45, 2.75) is 20.0 Å². The minimum absolute atomic E-state index is 0.00456. The maximum Gasteiger partial charge on any atom is 0.254 e. The summed E-state index contributed by atoms with van der Waals surface area (Å²) in [6.07, 6.45) is 1.61. The molecular weight excluding hydrogens is 442 g/mol. The lowest BCUT2D eigenvalue weighted by Crippen LogP contribution is -2.47. The van der Waals surface area contributed by atoms with Gasteiger partial charge in [-0.15, -0.1) is 0 Å². The maximum absolute atomic E-state index is 13.6. The Bertz CT molecular complexity index is 1060. The smallest absolute Gasteiger partial charge is 0.254 e. The van der Waals surface area contributed by atoms with Gasteiger partial charge in [0.25, 0.3) is 5.91 Å². The molecule has 0 unspecified atom stereocenters. The largest absolute Gasteiger partial charge is 0.467 e. The zero-order valence-corrected chi connectivity index (χ0v) is 20.3. The zero-order chi connectivity index (χ0) is 24.5. The fourth-order valence-corrected chi connectivity index (χ4v) is 4.11. The van der Waals surface area contributed by atoms with Crippen molar-refractivity contribution in [3.63, 3.8) is 0 Å². The predicted octanol–water partition coefficient (Wildman–Crippen LogP) is 3.59. The summed E-state index contributed by atoms with van der Waals surface area (Å²) in [5.41, 5.74) is 2.70. The summed E-state index contributed by atoms with van der Waals surface area (Å²) in [6, 6.07) is 21.0. The van der Waals surface area contributed by atoms with E-state index in [-0.39, 0.29) is 18.4 Å². The summed E-state index contributed by atoms with van der Waals surface area (Å²) in [5.74, 6) is 0.455. The normalized spacial score (nSPS) is 14.0. The van der Waals surface area contributed by atoms with Crippen LogP contribution in [-0.2, 0) is 22.6 Å². The van der Waals surface area contributed by atoms with E-state index in [9.17, 15) is 9.59 Å². The van der Waals surface area contributed by atoms with Gasteiger partial charge in [0.15, 0.2) is 0 Å². The van der Waals surface area contributed by atoms with E-state index in [1.165, 1.54) is 0 Å². The van der Waals surface area contributed by atoms with Crippen molar-refractivity contribution in [3.05, 3.63) is 95.4 Å². The third-order valence-electron chi connectivity index (χ3n) is 6.20. The van der Waals surface area contributed by atoms with Gasteiger partial charge in [0, 0.05) is 38.3 Å². The van der Waals surface area contributed by atoms with Gasteiger partial charge in [-0.2, -0.15) is 0 Å². The molecule has 0 radical (unpaired) electrons. The molecule has 1 fully saturated rings. The molecule has 35 heavy (non-hydrogen) atoms. The number of amides is 2. The van der Waals surface area contributed by atoms with Crippen LogP contribution in [-0.4, -0.2) is 72.5 Å². The second-order valence-electron chi connectivity index (χ2n) is 8.86. The van der Waals surface area contributed by atoms with Gasteiger partial charge in [0.05, 0.1) is 26.0 Å². The van der Waals surface area contributed by atoms with Crippen LogP contribution in [0.2, 0.25) is 0 Å². The topological polar surface area (TPSA) is 66.2 Å². The van der Waals surface area contributed by atoms with E-state index in [1.807, 2.05) is 73.7 Å². The summed E-state index contributed by atoms with van der Waals surface area (Å²) in [4.78, 5) is 32.7. The minimum Gasteiger partial charge on any atom is -0.467 e. The molecule has 1 aliphatic heterocycles. The molecule has 2 heterocycles. The molecule has 0 aliphatic carbocycles. The van der Waals surface area contributed by atoms with E-state index in [2.05, 4.69) is 4.90 Å². The summed E-state index contributed by atoms with van der Waals surface area (Å²) < 4.78 is 11.0. The van der Waals surface area contributed by atoms with E-state index < -0.39 is 0 Å². The van der Waals surface area contributed by atoms with Gasteiger partial charge in [-0.3, -0.25) is 14.5 Å². The highest BCUT2D eigenvalue weighted by molar-refractivity contribution is 5.96. The van der Waals surface area contributed by atoms with Crippen molar-refractivity contribution in [1.82, 2.24) is 14.7 Å². The standard InChI is InChI=1S/C28H33N3O4/c1-23-9-11-25(12-10-23)28(33)30(14-13-29-15-18-34-19-16-29)22-27(32)31(21-26-8-5-17-35-26)20-24-6-3-2-4-7-24/h2-12,17H,13-16,18-22H2,1H3. The third kappa shape index (κ3) is 7.28. The summed E-state index contributed by atoms with van der Waals surface area (Å²) in [5, 5.41) is 0. The molecule has 184 valence electrons. The fraction of sp³-hybridized carbons (Fsp3) is 0.357. The van der Waals surface area contributed by atoms with E-state index in [0.717, 1.165) is 24.2 Å². The maximum atomic E-state index is 13.6. The highest BCUT2D eigenvalue weighted by Gasteiger charge is 2.24. The highest BCUT2D eigenvalue weighted by atomic mass is 16.5. The summed E-state index contributed by atoms with van der Waals surface area (Å²) in [6.45, 7) is 7.00. The van der Waals surface area contributed by atoms with Crippen molar-refractivity contribution in [2.75, 3.05) is 45.9 Å². The molecular formula is C28H33N3O4. The van der Waals surface area contributed by atoms with Gasteiger partial charge in [0.2, 0.25) is 5.91 Å². The monoisotopic (exact) mass is 475 g/mol. The summed E-state index contributed by atoms with van der Waals surface area (Å²) >= 11 is 0. The zero-order valence-electron chi connectivity index (χ0n) is 20.3. The van der Waals surface area contributed by atoms with Crippen LogP contribution in [0.15, 0.2) is 77.4 Å². The quantitative estimate of drug-likeness (QED) is 0.448. The molecule has 1 aliphatic rings. The number of rotatable bonds is 10. The molecule has 7 nitrogen and oxygen atoms in total. The van der Waals surface area contributed by atoms with E-state index in [4.69, 9.17) is 9.15 Å². The van der Waals surface area contributed by atoms with Crippen molar-refractivity contribution in [1.29, 1.82) is 0 Å². The first-order valence-corrected chi connectivity index (χ1v) is 12.1. The molecule has 2 aromatic carbocycles. The Morgan fingerprint density at radius 1 is 0.886 bits per heavy atom. The second kappa shape index (κ2) is 12.3. The second-order valence-corrected chi connectivity index (χ2v) is 8.86. The Balaban J connectivity index is 1.51. The first-order valence-electron chi connectivity index (χ1n) is 12.1. The Hall–Kier alpha value is -3.42. The van der Waals surface area contributed by atoms with E-state index in [1.54, 1.807) is 16.1 Å². The molecule has 3 aromatic rings. The first-order chi connectivity index (χ1) is 17.1. The first kappa shape index (κ1) is 24.7. The van der Waals surface area contributed by atoms with Crippen molar-refractivity contribution in [3.8, 4) is 0 Å². The molecule has 0 spiro atoms. The Kier molecular flexibility index (Phi) is 8.70. The molecule has 1 saturated heterocycles. The van der Waals surface area contributed by atoms with E-state index >= 15 is 0 Å². The summed E-state index contributed by atoms with van der Waals surface area (Å²) in [7, 11) is 0. The number of morpholine rings is 1. The number of aryl methyl sites for hydroxylation is 1. The Morgan fingerprint density at radius 3 is 2.31 bits per heavy atom. The molecule has 0 atom stereocenters.